The lowest BCUT2D eigenvalue weighted by molar-refractivity contribution is -0.132. The number of furan rings is 1. The Morgan fingerprint density at radius 2 is 2.13 bits per heavy atom. The SMILES string of the molecule is Cc1ccc(CCC(=O)N(CCC#N)Cc2ccco2)c(C)c1. The molecule has 0 spiro atoms. The summed E-state index contributed by atoms with van der Waals surface area (Å²) in [5, 5.41) is 8.78. The zero-order valence-electron chi connectivity index (χ0n) is 13.7. The molecule has 0 atom stereocenters. The van der Waals surface area contributed by atoms with E-state index in [9.17, 15) is 4.79 Å². The molecule has 0 aliphatic rings. The maximum absolute atomic E-state index is 12.5. The van der Waals surface area contributed by atoms with Crippen LogP contribution in [0.2, 0.25) is 0 Å². The van der Waals surface area contributed by atoms with Gasteiger partial charge in [-0.05, 0) is 43.5 Å². The molecule has 120 valence electrons. The Kier molecular flexibility index (Phi) is 5.99. The molecule has 0 unspecified atom stereocenters. The fraction of sp³-hybridized carbons (Fsp3) is 0.368. The number of amides is 1. The Bertz CT molecular complexity index is 684. The topological polar surface area (TPSA) is 57.2 Å². The molecule has 0 aliphatic heterocycles. The fourth-order valence-electron chi connectivity index (χ4n) is 2.59. The Morgan fingerprint density at radius 1 is 1.30 bits per heavy atom. The van der Waals surface area contributed by atoms with Crippen LogP contribution in [0, 0.1) is 25.2 Å². The first-order valence-electron chi connectivity index (χ1n) is 7.83. The zero-order valence-corrected chi connectivity index (χ0v) is 13.7. The number of nitrogens with zero attached hydrogens (tertiary/aromatic N) is 2. The van der Waals surface area contributed by atoms with Crippen molar-refractivity contribution in [2.24, 2.45) is 0 Å². The van der Waals surface area contributed by atoms with Crippen LogP contribution in [-0.4, -0.2) is 17.4 Å². The Labute approximate surface area is 137 Å². The molecule has 0 aliphatic carbocycles. The number of rotatable bonds is 7. The molecule has 0 fully saturated rings. The second kappa shape index (κ2) is 8.19. The summed E-state index contributed by atoms with van der Waals surface area (Å²) in [6.07, 6.45) is 3.08. The van der Waals surface area contributed by atoms with Crippen molar-refractivity contribution in [2.45, 2.75) is 39.7 Å². The van der Waals surface area contributed by atoms with Crippen molar-refractivity contribution in [2.75, 3.05) is 6.54 Å². The van der Waals surface area contributed by atoms with E-state index in [1.807, 2.05) is 6.07 Å². The van der Waals surface area contributed by atoms with Crippen LogP contribution < -0.4 is 0 Å². The van der Waals surface area contributed by atoms with Crippen molar-refractivity contribution in [1.29, 1.82) is 5.26 Å². The predicted molar refractivity (Wildman–Crippen MR) is 88.6 cm³/mol. The average molecular weight is 310 g/mol. The van der Waals surface area contributed by atoms with Crippen LogP contribution >= 0.6 is 0 Å². The minimum atomic E-state index is 0.0524. The lowest BCUT2D eigenvalue weighted by Gasteiger charge is -2.20. The average Bonchev–Trinajstić information content (AvgIpc) is 3.03. The van der Waals surface area contributed by atoms with Crippen molar-refractivity contribution in [3.05, 3.63) is 59.0 Å². The van der Waals surface area contributed by atoms with E-state index < -0.39 is 0 Å². The maximum atomic E-state index is 12.5. The molecule has 1 amide bonds. The summed E-state index contributed by atoms with van der Waals surface area (Å²) in [4.78, 5) is 14.2. The second-order valence-corrected chi connectivity index (χ2v) is 5.73. The summed E-state index contributed by atoms with van der Waals surface area (Å²) in [7, 11) is 0. The number of nitriles is 1. The summed E-state index contributed by atoms with van der Waals surface area (Å²) in [5.74, 6) is 0.791. The van der Waals surface area contributed by atoms with Crippen LogP contribution in [-0.2, 0) is 17.8 Å². The molecular formula is C19H22N2O2. The molecule has 0 bridgehead atoms. The first-order chi connectivity index (χ1) is 11.1. The lowest BCUT2D eigenvalue weighted by Crippen LogP contribution is -2.31. The highest BCUT2D eigenvalue weighted by Crippen LogP contribution is 2.14. The maximum Gasteiger partial charge on any atom is 0.223 e. The third-order valence-electron chi connectivity index (χ3n) is 3.88. The van der Waals surface area contributed by atoms with Crippen LogP contribution in [0.3, 0.4) is 0 Å². The van der Waals surface area contributed by atoms with Gasteiger partial charge in [-0.3, -0.25) is 4.79 Å². The molecule has 0 saturated heterocycles. The Balaban J connectivity index is 1.97. The Hall–Kier alpha value is -2.54. The zero-order chi connectivity index (χ0) is 16.7. The van der Waals surface area contributed by atoms with Gasteiger partial charge in [0.05, 0.1) is 25.3 Å². The largest absolute Gasteiger partial charge is 0.467 e. The van der Waals surface area contributed by atoms with E-state index in [0.717, 1.165) is 5.76 Å². The van der Waals surface area contributed by atoms with Crippen LogP contribution in [0.25, 0.3) is 0 Å². The predicted octanol–water partition coefficient (Wildman–Crippen LogP) is 3.77. The second-order valence-electron chi connectivity index (χ2n) is 5.73. The molecule has 0 radical (unpaired) electrons. The van der Waals surface area contributed by atoms with Gasteiger partial charge in [-0.15, -0.1) is 0 Å². The first-order valence-corrected chi connectivity index (χ1v) is 7.83. The summed E-state index contributed by atoms with van der Waals surface area (Å²) >= 11 is 0. The minimum absolute atomic E-state index is 0.0524. The lowest BCUT2D eigenvalue weighted by atomic mass is 10.0. The van der Waals surface area contributed by atoms with E-state index >= 15 is 0 Å². The molecule has 1 aromatic heterocycles. The highest BCUT2D eigenvalue weighted by atomic mass is 16.3. The van der Waals surface area contributed by atoms with Gasteiger partial charge < -0.3 is 9.32 Å². The van der Waals surface area contributed by atoms with E-state index in [1.165, 1.54) is 16.7 Å². The van der Waals surface area contributed by atoms with Crippen molar-refractivity contribution in [3.8, 4) is 6.07 Å². The fourth-order valence-corrected chi connectivity index (χ4v) is 2.59. The summed E-state index contributed by atoms with van der Waals surface area (Å²) < 4.78 is 5.31. The molecule has 4 heteroatoms. The van der Waals surface area contributed by atoms with Gasteiger partial charge in [0, 0.05) is 13.0 Å². The van der Waals surface area contributed by atoms with Crippen molar-refractivity contribution in [3.63, 3.8) is 0 Å². The highest BCUT2D eigenvalue weighted by Gasteiger charge is 2.15. The third-order valence-corrected chi connectivity index (χ3v) is 3.88. The van der Waals surface area contributed by atoms with Crippen molar-refractivity contribution >= 4 is 5.91 Å². The van der Waals surface area contributed by atoms with Gasteiger partial charge >= 0.3 is 0 Å². The van der Waals surface area contributed by atoms with Gasteiger partial charge in [0.15, 0.2) is 0 Å². The third kappa shape index (κ3) is 5.00. The summed E-state index contributed by atoms with van der Waals surface area (Å²) in [5.41, 5.74) is 3.64. The number of benzene rings is 1. The van der Waals surface area contributed by atoms with Crippen LogP contribution in [0.15, 0.2) is 41.0 Å². The van der Waals surface area contributed by atoms with E-state index in [-0.39, 0.29) is 5.91 Å². The van der Waals surface area contributed by atoms with E-state index in [0.29, 0.717) is 32.4 Å². The van der Waals surface area contributed by atoms with Gasteiger partial charge in [0.1, 0.15) is 5.76 Å². The van der Waals surface area contributed by atoms with Gasteiger partial charge in [0.25, 0.3) is 0 Å². The van der Waals surface area contributed by atoms with Crippen LogP contribution in [0.4, 0.5) is 0 Å². The Morgan fingerprint density at radius 3 is 2.78 bits per heavy atom. The molecule has 2 aromatic rings. The van der Waals surface area contributed by atoms with Gasteiger partial charge in [0.2, 0.25) is 5.91 Å². The molecule has 4 nitrogen and oxygen atoms in total. The standard InChI is InChI=1S/C19H22N2O2/c1-15-6-7-17(16(2)13-15)8-9-19(22)21(11-4-10-20)14-18-5-3-12-23-18/h3,5-7,12-13H,4,8-9,11,14H2,1-2H3. The summed E-state index contributed by atoms with van der Waals surface area (Å²) in [6.45, 7) is 4.99. The highest BCUT2D eigenvalue weighted by molar-refractivity contribution is 5.76. The van der Waals surface area contributed by atoms with E-state index in [1.54, 1.807) is 17.2 Å². The summed E-state index contributed by atoms with van der Waals surface area (Å²) in [6, 6.07) is 12.0. The smallest absolute Gasteiger partial charge is 0.223 e. The van der Waals surface area contributed by atoms with Crippen molar-refractivity contribution in [1.82, 2.24) is 4.90 Å². The van der Waals surface area contributed by atoms with Crippen LogP contribution in [0.5, 0.6) is 0 Å². The van der Waals surface area contributed by atoms with Crippen LogP contribution in [0.1, 0.15) is 35.3 Å². The first kappa shape index (κ1) is 16.8. The number of carbonyl (C=O) groups excluding carboxylic acids is 1. The van der Waals surface area contributed by atoms with E-state index in [4.69, 9.17) is 9.68 Å². The normalized spacial score (nSPS) is 10.3. The quantitative estimate of drug-likeness (QED) is 0.782. The van der Waals surface area contributed by atoms with Gasteiger partial charge in [-0.25, -0.2) is 0 Å². The van der Waals surface area contributed by atoms with Gasteiger partial charge in [-0.1, -0.05) is 23.8 Å². The van der Waals surface area contributed by atoms with Gasteiger partial charge in [-0.2, -0.15) is 5.26 Å². The monoisotopic (exact) mass is 310 g/mol. The molecular weight excluding hydrogens is 288 g/mol. The molecule has 1 aromatic carbocycles. The number of hydrogen-bond donors (Lipinski definition) is 0. The van der Waals surface area contributed by atoms with Crippen molar-refractivity contribution < 1.29 is 9.21 Å². The molecule has 0 N–H and O–H groups in total. The molecule has 2 rings (SSSR count). The number of carbonyl (C=O) groups is 1. The van der Waals surface area contributed by atoms with E-state index in [2.05, 4.69) is 38.1 Å². The molecule has 0 saturated carbocycles. The number of hydrogen-bond acceptors (Lipinski definition) is 3. The number of aryl methyl sites for hydroxylation is 3. The minimum Gasteiger partial charge on any atom is -0.467 e. The molecule has 1 heterocycles. The molecule has 23 heavy (non-hydrogen) atoms.